The van der Waals surface area contributed by atoms with Gasteiger partial charge < -0.3 is 10.2 Å². The summed E-state index contributed by atoms with van der Waals surface area (Å²) in [7, 11) is 0. The van der Waals surface area contributed by atoms with Crippen LogP contribution in [-0.2, 0) is 12.8 Å². The summed E-state index contributed by atoms with van der Waals surface area (Å²) >= 11 is 0. The summed E-state index contributed by atoms with van der Waals surface area (Å²) in [6, 6.07) is 11.9. The molecule has 0 amide bonds. The molecule has 0 fully saturated rings. The molecule has 0 aromatic heterocycles. The van der Waals surface area contributed by atoms with Crippen molar-refractivity contribution in [2.45, 2.75) is 51.4 Å². The molecule has 2 rings (SSSR count). The minimum Gasteiger partial charge on any atom is -0.508 e. The average molecular weight is 351 g/mol. The lowest BCUT2D eigenvalue weighted by Gasteiger charge is -2.27. The van der Waals surface area contributed by atoms with Gasteiger partial charge in [0.2, 0.25) is 0 Å². The molecule has 0 saturated carbocycles. The maximum Gasteiger partial charge on any atom is 0.119 e. The Morgan fingerprint density at radius 3 is 1.46 bits per heavy atom. The van der Waals surface area contributed by atoms with Gasteiger partial charge in [-0.2, -0.15) is 0 Å². The van der Waals surface area contributed by atoms with E-state index in [9.17, 15) is 10.2 Å². The molecular weight excluding hydrogens is 320 g/mol. The van der Waals surface area contributed by atoms with Crippen molar-refractivity contribution in [2.75, 3.05) is 0 Å². The molecule has 0 heterocycles. The molecule has 2 aromatic rings. The van der Waals surface area contributed by atoms with Crippen LogP contribution in [0.5, 0.6) is 11.5 Å². The number of rotatable bonds is 9. The number of allylic oxidation sites excluding steroid dienone is 2. The summed E-state index contributed by atoms with van der Waals surface area (Å²) in [5.41, 5.74) is 4.33. The first kappa shape index (κ1) is 19.8. The van der Waals surface area contributed by atoms with Crippen molar-refractivity contribution < 1.29 is 10.2 Å². The number of phenols is 2. The molecule has 26 heavy (non-hydrogen) atoms. The quantitative estimate of drug-likeness (QED) is 0.525. The summed E-state index contributed by atoms with van der Waals surface area (Å²) in [4.78, 5) is 0. The van der Waals surface area contributed by atoms with E-state index < -0.39 is 0 Å². The molecule has 0 aliphatic heterocycles. The average Bonchev–Trinajstić information content (AvgIpc) is 2.64. The smallest absolute Gasteiger partial charge is 0.119 e. The molecule has 138 valence electrons. The van der Waals surface area contributed by atoms with Crippen LogP contribution in [0.2, 0.25) is 0 Å². The van der Waals surface area contributed by atoms with Crippen LogP contribution in [-0.4, -0.2) is 10.2 Å². The van der Waals surface area contributed by atoms with Crippen LogP contribution < -0.4 is 0 Å². The minimum absolute atomic E-state index is 0.328. The molecule has 2 atom stereocenters. The van der Waals surface area contributed by atoms with Gasteiger partial charge in [0.05, 0.1) is 0 Å². The third-order valence-electron chi connectivity index (χ3n) is 5.16. The number of benzene rings is 2. The molecule has 0 unspecified atom stereocenters. The normalized spacial score (nSPS) is 13.2. The Hall–Kier alpha value is -2.48. The standard InChI is InChI=1S/C24H30O2/c1-5-9-19-15-17(11-13-23(19)25)21(7-3)22(8-4)18-12-14-24(26)20(16-18)10-6-2/h5-6,11-16,21-22,25-26H,1-2,7-10H2,3-4H3/t21-,22+. The fourth-order valence-electron chi connectivity index (χ4n) is 3.82. The zero-order chi connectivity index (χ0) is 19.1. The third kappa shape index (κ3) is 4.37. The van der Waals surface area contributed by atoms with E-state index in [-0.39, 0.29) is 0 Å². The van der Waals surface area contributed by atoms with Crippen LogP contribution in [0, 0.1) is 0 Å². The molecule has 2 N–H and O–H groups in total. The summed E-state index contributed by atoms with van der Waals surface area (Å²) in [6.45, 7) is 12.0. The second kappa shape index (κ2) is 9.28. The lowest BCUT2D eigenvalue weighted by molar-refractivity contribution is 0.464. The summed E-state index contributed by atoms with van der Waals surface area (Å²) in [6.07, 6.45) is 6.98. The predicted octanol–water partition coefficient (Wildman–Crippen LogP) is 6.24. The Labute approximate surface area is 157 Å². The van der Waals surface area contributed by atoms with E-state index in [0.717, 1.165) is 24.0 Å². The second-order valence-electron chi connectivity index (χ2n) is 6.79. The number of hydrogen-bond donors (Lipinski definition) is 2. The highest BCUT2D eigenvalue weighted by Crippen LogP contribution is 2.40. The Morgan fingerprint density at radius 1 is 0.769 bits per heavy atom. The largest absolute Gasteiger partial charge is 0.508 e. The van der Waals surface area contributed by atoms with Crippen LogP contribution in [0.1, 0.15) is 60.8 Å². The molecule has 0 spiro atoms. The topological polar surface area (TPSA) is 40.5 Å². The van der Waals surface area contributed by atoms with Crippen LogP contribution in [0.4, 0.5) is 0 Å². The van der Waals surface area contributed by atoms with Crippen molar-refractivity contribution in [3.05, 3.63) is 84.0 Å². The zero-order valence-electron chi connectivity index (χ0n) is 15.9. The third-order valence-corrected chi connectivity index (χ3v) is 5.16. The molecule has 0 radical (unpaired) electrons. The first-order chi connectivity index (χ1) is 12.5. The lowest BCUT2D eigenvalue weighted by Crippen LogP contribution is -2.11. The van der Waals surface area contributed by atoms with E-state index in [2.05, 4.69) is 39.1 Å². The maximum absolute atomic E-state index is 10.1. The molecule has 2 heteroatoms. The zero-order valence-corrected chi connectivity index (χ0v) is 15.9. The highest BCUT2D eigenvalue weighted by Gasteiger charge is 2.23. The van der Waals surface area contributed by atoms with Gasteiger partial charge in [0.25, 0.3) is 0 Å². The van der Waals surface area contributed by atoms with E-state index in [1.54, 1.807) is 12.1 Å². The fourth-order valence-corrected chi connectivity index (χ4v) is 3.82. The molecule has 0 bridgehead atoms. The van der Waals surface area contributed by atoms with E-state index in [4.69, 9.17) is 0 Å². The maximum atomic E-state index is 10.1. The number of phenolic OH excluding ortho intramolecular Hbond substituents is 2. The van der Waals surface area contributed by atoms with Crippen LogP contribution in [0.25, 0.3) is 0 Å². The van der Waals surface area contributed by atoms with Gasteiger partial charge in [0.1, 0.15) is 11.5 Å². The fraction of sp³-hybridized carbons (Fsp3) is 0.333. The molecule has 2 nitrogen and oxygen atoms in total. The van der Waals surface area contributed by atoms with Gasteiger partial charge in [-0.25, -0.2) is 0 Å². The van der Waals surface area contributed by atoms with Gasteiger partial charge in [0.15, 0.2) is 0 Å². The summed E-state index contributed by atoms with van der Waals surface area (Å²) in [5.74, 6) is 1.36. The SMILES string of the molecule is C=CCc1cc([C@@H](CC)[C@@H](CC)c2ccc(O)c(CC=C)c2)ccc1O. The van der Waals surface area contributed by atoms with Crippen LogP contribution in [0.3, 0.4) is 0 Å². The molecule has 0 saturated heterocycles. The Morgan fingerprint density at radius 2 is 1.15 bits per heavy atom. The molecular formula is C24H30O2. The van der Waals surface area contributed by atoms with Gasteiger partial charge >= 0.3 is 0 Å². The summed E-state index contributed by atoms with van der Waals surface area (Å²) in [5, 5.41) is 20.1. The first-order valence-electron chi connectivity index (χ1n) is 9.40. The van der Waals surface area contributed by atoms with E-state index in [1.807, 2.05) is 24.3 Å². The number of hydrogen-bond acceptors (Lipinski definition) is 2. The van der Waals surface area contributed by atoms with Crippen molar-refractivity contribution >= 4 is 0 Å². The van der Waals surface area contributed by atoms with Gasteiger partial charge in [-0.05, 0) is 71.9 Å². The van der Waals surface area contributed by atoms with E-state index in [0.29, 0.717) is 36.2 Å². The Bertz CT molecular complexity index is 695. The van der Waals surface area contributed by atoms with Crippen molar-refractivity contribution in [3.63, 3.8) is 0 Å². The van der Waals surface area contributed by atoms with Crippen LogP contribution >= 0.6 is 0 Å². The van der Waals surface area contributed by atoms with E-state index in [1.165, 1.54) is 11.1 Å². The van der Waals surface area contributed by atoms with Gasteiger partial charge in [-0.15, -0.1) is 13.2 Å². The van der Waals surface area contributed by atoms with Crippen molar-refractivity contribution in [1.29, 1.82) is 0 Å². The minimum atomic E-state index is 0.328. The van der Waals surface area contributed by atoms with Gasteiger partial charge in [-0.3, -0.25) is 0 Å². The monoisotopic (exact) mass is 350 g/mol. The molecule has 2 aromatic carbocycles. The predicted molar refractivity (Wildman–Crippen MR) is 110 cm³/mol. The van der Waals surface area contributed by atoms with Crippen LogP contribution in [0.15, 0.2) is 61.7 Å². The molecule has 0 aliphatic rings. The van der Waals surface area contributed by atoms with Gasteiger partial charge in [0, 0.05) is 0 Å². The summed E-state index contributed by atoms with van der Waals surface area (Å²) < 4.78 is 0. The number of aromatic hydroxyl groups is 2. The van der Waals surface area contributed by atoms with Crippen molar-refractivity contribution in [1.82, 2.24) is 0 Å². The first-order valence-corrected chi connectivity index (χ1v) is 9.40. The Balaban J connectivity index is 2.43. The lowest BCUT2D eigenvalue weighted by atomic mass is 9.77. The Kier molecular flexibility index (Phi) is 7.08. The second-order valence-corrected chi connectivity index (χ2v) is 6.79. The van der Waals surface area contributed by atoms with Crippen molar-refractivity contribution in [2.24, 2.45) is 0 Å². The highest BCUT2D eigenvalue weighted by molar-refractivity contribution is 5.42. The van der Waals surface area contributed by atoms with E-state index >= 15 is 0 Å². The highest BCUT2D eigenvalue weighted by atomic mass is 16.3. The molecule has 0 aliphatic carbocycles. The van der Waals surface area contributed by atoms with Gasteiger partial charge in [-0.1, -0.05) is 50.3 Å². The van der Waals surface area contributed by atoms with Crippen molar-refractivity contribution in [3.8, 4) is 11.5 Å².